The first-order valence-corrected chi connectivity index (χ1v) is 27.8. The van der Waals surface area contributed by atoms with Gasteiger partial charge < -0.3 is 9.64 Å². The van der Waals surface area contributed by atoms with Crippen molar-refractivity contribution in [2.75, 3.05) is 4.90 Å². The lowest BCUT2D eigenvalue weighted by atomic mass is 9.63. The first-order valence-electron chi connectivity index (χ1n) is 27.0. The number of rotatable bonds is 5. The van der Waals surface area contributed by atoms with E-state index < -0.39 is 10.8 Å². The predicted molar refractivity (Wildman–Crippen MR) is 316 cm³/mol. The van der Waals surface area contributed by atoms with E-state index in [0.717, 1.165) is 39.7 Å². The smallest absolute Gasteiger partial charge is 0.132 e. The van der Waals surface area contributed by atoms with Crippen LogP contribution >= 0.6 is 11.8 Å². The number of fused-ring (bicyclic) bond motifs is 14. The van der Waals surface area contributed by atoms with E-state index in [1.54, 1.807) is 0 Å². The van der Waals surface area contributed by atoms with Crippen LogP contribution in [0.3, 0.4) is 0 Å². The SMILES string of the molecule is CC(C)(C)c1ccc2c(c1)C1(c3ccccc3Sc3ccc(N(c4ccc5c(c4)C(C)(C)c4ccccc4-5)c4ccc5c(c4)C(c4ccccc4)(c4ccccc4)c4ccccc4O5)cc31)c1cc(C(C)(C)C)ccc1-2. The molecule has 3 heteroatoms. The third-order valence-corrected chi connectivity index (χ3v) is 18.5. The van der Waals surface area contributed by atoms with Crippen molar-refractivity contribution >= 4 is 28.8 Å². The van der Waals surface area contributed by atoms with Crippen molar-refractivity contribution in [1.29, 1.82) is 0 Å². The molecule has 370 valence electrons. The second kappa shape index (κ2) is 16.6. The quantitative estimate of drug-likeness (QED) is 0.170. The number of hydrogen-bond donors (Lipinski definition) is 0. The van der Waals surface area contributed by atoms with Gasteiger partial charge in [-0.15, -0.1) is 0 Å². The zero-order valence-corrected chi connectivity index (χ0v) is 45.4. The van der Waals surface area contributed by atoms with E-state index >= 15 is 0 Å². The molecule has 2 heterocycles. The van der Waals surface area contributed by atoms with Crippen LogP contribution in [0.5, 0.6) is 11.5 Å². The highest BCUT2D eigenvalue weighted by atomic mass is 32.2. The first-order chi connectivity index (χ1) is 36.7. The van der Waals surface area contributed by atoms with Crippen LogP contribution in [0.15, 0.2) is 234 Å². The molecule has 10 aromatic rings. The summed E-state index contributed by atoms with van der Waals surface area (Å²) in [7, 11) is 0. The summed E-state index contributed by atoms with van der Waals surface area (Å²) in [6, 6.07) is 85.1. The van der Waals surface area contributed by atoms with Crippen LogP contribution in [0.2, 0.25) is 0 Å². The fraction of sp³-hybridized carbons (Fsp3) is 0.178. The van der Waals surface area contributed by atoms with Gasteiger partial charge in [-0.25, -0.2) is 0 Å². The summed E-state index contributed by atoms with van der Waals surface area (Å²) in [6.07, 6.45) is 0. The third-order valence-electron chi connectivity index (χ3n) is 17.4. The number of ether oxygens (including phenoxy) is 1. The van der Waals surface area contributed by atoms with Crippen LogP contribution in [-0.2, 0) is 27.1 Å². The van der Waals surface area contributed by atoms with E-state index in [2.05, 4.69) is 285 Å². The number of hydrogen-bond acceptors (Lipinski definition) is 3. The number of anilines is 3. The van der Waals surface area contributed by atoms with Crippen molar-refractivity contribution < 1.29 is 4.74 Å². The van der Waals surface area contributed by atoms with Gasteiger partial charge in [0.2, 0.25) is 0 Å². The standard InChI is InChI=1S/C73H61NOS/c1-69(2,3)48-31-36-55-56-37-32-49(70(4,5)6)42-62(56)73(61(55)41-48)59-28-18-20-30-67(59)76-68-40-35-52(45-64(68)73)74(50-33-38-54-53-25-15-16-26-57(53)71(7,8)60(54)43-50)51-34-39-66-63(44-51)72(46-21-11-9-12-22-46,47-23-13-10-14-24-47)58-27-17-19-29-65(58)75-66/h9-45H,1-8H3. The van der Waals surface area contributed by atoms with E-state index in [4.69, 9.17) is 4.74 Å². The van der Waals surface area contributed by atoms with Gasteiger partial charge in [-0.1, -0.05) is 231 Å². The minimum absolute atomic E-state index is 0.0572. The Bertz CT molecular complexity index is 3900. The Kier molecular flexibility index (Phi) is 10.2. The van der Waals surface area contributed by atoms with E-state index in [9.17, 15) is 0 Å². The lowest BCUT2D eigenvalue weighted by Crippen LogP contribution is -2.34. The van der Waals surface area contributed by atoms with Crippen molar-refractivity contribution in [3.63, 3.8) is 0 Å². The number of nitrogens with zero attached hydrogens (tertiary/aromatic N) is 1. The molecule has 0 unspecified atom stereocenters. The highest BCUT2D eigenvalue weighted by Gasteiger charge is 2.52. The molecular formula is C73H61NOS. The molecule has 14 rings (SSSR count). The first kappa shape index (κ1) is 46.7. The van der Waals surface area contributed by atoms with Gasteiger partial charge in [-0.05, 0) is 149 Å². The average Bonchev–Trinajstić information content (AvgIpc) is 3.94. The minimum Gasteiger partial charge on any atom is -0.457 e. The van der Waals surface area contributed by atoms with E-state index in [0.29, 0.717) is 0 Å². The monoisotopic (exact) mass is 999 g/mol. The lowest BCUT2D eigenvalue weighted by molar-refractivity contribution is 0.434. The molecule has 0 fully saturated rings. The van der Waals surface area contributed by atoms with E-state index in [1.807, 2.05) is 11.8 Å². The summed E-state index contributed by atoms with van der Waals surface area (Å²) < 4.78 is 7.03. The van der Waals surface area contributed by atoms with Gasteiger partial charge in [0.1, 0.15) is 11.5 Å². The highest BCUT2D eigenvalue weighted by molar-refractivity contribution is 7.99. The Morgan fingerprint density at radius 3 is 1.42 bits per heavy atom. The highest BCUT2D eigenvalue weighted by Crippen LogP contribution is 2.64. The minimum atomic E-state index is -0.691. The van der Waals surface area contributed by atoms with Gasteiger partial charge in [0.15, 0.2) is 0 Å². The Morgan fingerprint density at radius 2 is 0.789 bits per heavy atom. The molecular weight excluding hydrogens is 939 g/mol. The summed E-state index contributed by atoms with van der Waals surface area (Å²) in [4.78, 5) is 5.11. The molecule has 0 radical (unpaired) electrons. The molecule has 4 aliphatic rings. The molecule has 0 aromatic heterocycles. The maximum atomic E-state index is 7.03. The zero-order valence-electron chi connectivity index (χ0n) is 44.6. The molecule has 0 saturated carbocycles. The average molecular weight is 1000 g/mol. The molecule has 76 heavy (non-hydrogen) atoms. The molecule has 2 aliphatic heterocycles. The van der Waals surface area contributed by atoms with E-state index in [-0.39, 0.29) is 16.2 Å². The van der Waals surface area contributed by atoms with Crippen LogP contribution in [0.25, 0.3) is 22.3 Å². The summed E-state index contributed by atoms with van der Waals surface area (Å²) in [5.74, 6) is 1.72. The molecule has 0 bridgehead atoms. The predicted octanol–water partition coefficient (Wildman–Crippen LogP) is 19.4. The summed E-state index contributed by atoms with van der Waals surface area (Å²) in [6.45, 7) is 18.8. The van der Waals surface area contributed by atoms with Crippen molar-refractivity contribution in [3.05, 3.63) is 291 Å². The Balaban J connectivity index is 1.07. The largest absolute Gasteiger partial charge is 0.457 e. The van der Waals surface area contributed by atoms with Gasteiger partial charge in [0.25, 0.3) is 0 Å². The fourth-order valence-corrected chi connectivity index (χ4v) is 14.8. The van der Waals surface area contributed by atoms with Crippen LogP contribution in [0.4, 0.5) is 17.1 Å². The molecule has 0 amide bonds. The van der Waals surface area contributed by atoms with Crippen LogP contribution in [0, 0.1) is 0 Å². The Hall–Kier alpha value is -7.85. The molecule has 0 saturated heterocycles. The molecule has 1 spiro atoms. The second-order valence-corrected chi connectivity index (χ2v) is 25.1. The zero-order chi connectivity index (χ0) is 51.9. The maximum Gasteiger partial charge on any atom is 0.132 e. The fourth-order valence-electron chi connectivity index (χ4n) is 13.6. The van der Waals surface area contributed by atoms with Gasteiger partial charge in [0, 0.05) is 43.4 Å². The van der Waals surface area contributed by atoms with Gasteiger partial charge in [0.05, 0.1) is 10.8 Å². The van der Waals surface area contributed by atoms with Crippen molar-refractivity contribution in [2.24, 2.45) is 0 Å². The van der Waals surface area contributed by atoms with Gasteiger partial charge in [-0.3, -0.25) is 0 Å². The van der Waals surface area contributed by atoms with Crippen LogP contribution in [-0.4, -0.2) is 0 Å². The topological polar surface area (TPSA) is 12.5 Å². The summed E-state index contributed by atoms with van der Waals surface area (Å²) in [5.41, 5.74) is 22.2. The van der Waals surface area contributed by atoms with Crippen LogP contribution < -0.4 is 9.64 Å². The molecule has 2 nitrogen and oxygen atoms in total. The van der Waals surface area contributed by atoms with Gasteiger partial charge in [-0.2, -0.15) is 0 Å². The number of benzene rings is 10. The summed E-state index contributed by atoms with van der Waals surface area (Å²) >= 11 is 1.91. The third kappa shape index (κ3) is 6.61. The van der Waals surface area contributed by atoms with E-state index in [1.165, 1.54) is 87.7 Å². The molecule has 10 aromatic carbocycles. The second-order valence-electron chi connectivity index (χ2n) is 24.0. The number of para-hydroxylation sites is 1. The van der Waals surface area contributed by atoms with Crippen molar-refractivity contribution in [1.82, 2.24) is 0 Å². The lowest BCUT2D eigenvalue weighted by Gasteiger charge is -2.42. The summed E-state index contributed by atoms with van der Waals surface area (Å²) in [5, 5.41) is 0. The van der Waals surface area contributed by atoms with Gasteiger partial charge >= 0.3 is 0 Å². The van der Waals surface area contributed by atoms with Crippen molar-refractivity contribution in [3.8, 4) is 33.8 Å². The normalized spacial score (nSPS) is 15.5. The Labute approximate surface area is 453 Å². The maximum absolute atomic E-state index is 7.03. The molecule has 0 atom stereocenters. The van der Waals surface area contributed by atoms with Crippen molar-refractivity contribution in [2.45, 2.75) is 92.3 Å². The molecule has 2 aliphatic carbocycles. The molecule has 0 N–H and O–H groups in total. The Morgan fingerprint density at radius 1 is 0.342 bits per heavy atom. The van der Waals surface area contributed by atoms with Crippen LogP contribution in [0.1, 0.15) is 122 Å².